The van der Waals surface area contributed by atoms with Crippen LogP contribution in [0.5, 0.6) is 0 Å². The monoisotopic (exact) mass is 192 g/mol. The zero-order chi connectivity index (χ0) is 8.74. The van der Waals surface area contributed by atoms with E-state index in [9.17, 15) is 0 Å². The lowest BCUT2D eigenvalue weighted by atomic mass is 9.90. The van der Waals surface area contributed by atoms with Gasteiger partial charge in [-0.2, -0.15) is 23.5 Å². The molecule has 0 fully saturated rings. The van der Waals surface area contributed by atoms with E-state index in [4.69, 9.17) is 0 Å². The Kier molecular flexibility index (Phi) is 6.64. The van der Waals surface area contributed by atoms with Crippen molar-refractivity contribution in [3.05, 3.63) is 0 Å². The van der Waals surface area contributed by atoms with Crippen LogP contribution in [0, 0.1) is 5.41 Å². The van der Waals surface area contributed by atoms with Crippen molar-refractivity contribution in [1.29, 1.82) is 0 Å². The second kappa shape index (κ2) is 6.24. The van der Waals surface area contributed by atoms with Crippen LogP contribution >= 0.6 is 23.5 Å². The van der Waals surface area contributed by atoms with Crippen LogP contribution in [0.25, 0.3) is 0 Å². The first-order valence-electron chi connectivity index (χ1n) is 4.16. The van der Waals surface area contributed by atoms with Gasteiger partial charge in [-0.15, -0.1) is 0 Å². The Hall–Kier alpha value is 0.700. The standard InChI is InChI=1S/C9H20S2/c1-5-6-9(2,7-10-3)8-11-4/h5-8H2,1-4H3. The van der Waals surface area contributed by atoms with Gasteiger partial charge in [-0.3, -0.25) is 0 Å². The Labute approximate surface area is 79.9 Å². The molecule has 0 aromatic carbocycles. The Morgan fingerprint density at radius 2 is 1.55 bits per heavy atom. The van der Waals surface area contributed by atoms with Crippen molar-refractivity contribution in [2.75, 3.05) is 24.0 Å². The van der Waals surface area contributed by atoms with Crippen molar-refractivity contribution in [3.63, 3.8) is 0 Å². The molecule has 2 heteroatoms. The fraction of sp³-hybridized carbons (Fsp3) is 1.00. The molecular weight excluding hydrogens is 172 g/mol. The molecule has 0 aromatic heterocycles. The fourth-order valence-corrected chi connectivity index (χ4v) is 3.50. The van der Waals surface area contributed by atoms with Gasteiger partial charge in [0.15, 0.2) is 0 Å². The Morgan fingerprint density at radius 3 is 1.82 bits per heavy atom. The Bertz CT molecular complexity index is 74.5. The summed E-state index contributed by atoms with van der Waals surface area (Å²) >= 11 is 3.95. The predicted octanol–water partition coefficient (Wildman–Crippen LogP) is 3.52. The zero-order valence-corrected chi connectivity index (χ0v) is 9.78. The summed E-state index contributed by atoms with van der Waals surface area (Å²) < 4.78 is 0. The quantitative estimate of drug-likeness (QED) is 0.631. The topological polar surface area (TPSA) is 0 Å². The summed E-state index contributed by atoms with van der Waals surface area (Å²) in [5.74, 6) is 2.61. The summed E-state index contributed by atoms with van der Waals surface area (Å²) in [6.45, 7) is 4.68. The first kappa shape index (κ1) is 11.7. The minimum Gasteiger partial charge on any atom is -0.165 e. The van der Waals surface area contributed by atoms with Crippen molar-refractivity contribution in [3.8, 4) is 0 Å². The summed E-state index contributed by atoms with van der Waals surface area (Å²) in [5, 5.41) is 0. The van der Waals surface area contributed by atoms with Crippen LogP contribution in [-0.2, 0) is 0 Å². The lowest BCUT2D eigenvalue weighted by Gasteiger charge is -2.27. The van der Waals surface area contributed by atoms with Gasteiger partial charge in [0.2, 0.25) is 0 Å². The largest absolute Gasteiger partial charge is 0.165 e. The normalized spacial score (nSPS) is 12.0. The van der Waals surface area contributed by atoms with Crippen LogP contribution in [0.4, 0.5) is 0 Å². The van der Waals surface area contributed by atoms with Crippen LogP contribution in [0.3, 0.4) is 0 Å². The highest BCUT2D eigenvalue weighted by Crippen LogP contribution is 2.30. The molecule has 0 saturated carbocycles. The van der Waals surface area contributed by atoms with Gasteiger partial charge in [0.05, 0.1) is 0 Å². The number of rotatable bonds is 6. The molecule has 0 atom stereocenters. The second-order valence-corrected chi connectivity index (χ2v) is 5.16. The van der Waals surface area contributed by atoms with Gasteiger partial charge in [-0.05, 0) is 35.9 Å². The predicted molar refractivity (Wildman–Crippen MR) is 59.8 cm³/mol. The summed E-state index contributed by atoms with van der Waals surface area (Å²) in [5.41, 5.74) is 0.577. The second-order valence-electron chi connectivity index (χ2n) is 3.43. The minimum atomic E-state index is 0.577. The Balaban J connectivity index is 3.79. The van der Waals surface area contributed by atoms with Crippen LogP contribution in [0.1, 0.15) is 26.7 Å². The molecule has 0 amide bonds. The van der Waals surface area contributed by atoms with Crippen LogP contribution in [-0.4, -0.2) is 24.0 Å². The molecule has 0 nitrogen and oxygen atoms in total. The molecule has 0 spiro atoms. The van der Waals surface area contributed by atoms with Gasteiger partial charge in [0, 0.05) is 0 Å². The van der Waals surface area contributed by atoms with Gasteiger partial charge in [0.1, 0.15) is 0 Å². The highest BCUT2D eigenvalue weighted by Gasteiger charge is 2.21. The van der Waals surface area contributed by atoms with Gasteiger partial charge in [0.25, 0.3) is 0 Å². The maximum absolute atomic E-state index is 2.41. The molecule has 68 valence electrons. The molecule has 0 heterocycles. The number of thioether (sulfide) groups is 2. The van der Waals surface area contributed by atoms with E-state index in [0.29, 0.717) is 5.41 Å². The number of hydrogen-bond acceptors (Lipinski definition) is 2. The van der Waals surface area contributed by atoms with E-state index in [-0.39, 0.29) is 0 Å². The van der Waals surface area contributed by atoms with E-state index in [2.05, 4.69) is 26.4 Å². The SMILES string of the molecule is CCCC(C)(CSC)CSC. The molecule has 0 bridgehead atoms. The maximum Gasteiger partial charge on any atom is -0.000833 e. The van der Waals surface area contributed by atoms with Crippen molar-refractivity contribution in [2.45, 2.75) is 26.7 Å². The summed E-state index contributed by atoms with van der Waals surface area (Å²) in [7, 11) is 0. The van der Waals surface area contributed by atoms with E-state index >= 15 is 0 Å². The van der Waals surface area contributed by atoms with Gasteiger partial charge >= 0.3 is 0 Å². The van der Waals surface area contributed by atoms with E-state index < -0.39 is 0 Å². The van der Waals surface area contributed by atoms with Crippen molar-refractivity contribution >= 4 is 23.5 Å². The number of hydrogen-bond donors (Lipinski definition) is 0. The third-order valence-corrected chi connectivity index (χ3v) is 3.81. The lowest BCUT2D eigenvalue weighted by molar-refractivity contribution is 0.392. The van der Waals surface area contributed by atoms with E-state index in [1.165, 1.54) is 24.3 Å². The van der Waals surface area contributed by atoms with E-state index in [0.717, 1.165) is 0 Å². The van der Waals surface area contributed by atoms with Crippen LogP contribution < -0.4 is 0 Å². The van der Waals surface area contributed by atoms with E-state index in [1.54, 1.807) is 0 Å². The first-order valence-corrected chi connectivity index (χ1v) is 6.95. The van der Waals surface area contributed by atoms with Crippen LogP contribution in [0.2, 0.25) is 0 Å². The molecule has 0 saturated heterocycles. The van der Waals surface area contributed by atoms with Crippen molar-refractivity contribution in [1.82, 2.24) is 0 Å². The molecule has 0 aliphatic heterocycles. The molecular formula is C9H20S2. The first-order chi connectivity index (χ1) is 5.18. The zero-order valence-electron chi connectivity index (χ0n) is 8.14. The van der Waals surface area contributed by atoms with Gasteiger partial charge in [-0.25, -0.2) is 0 Å². The lowest BCUT2D eigenvalue weighted by Crippen LogP contribution is -2.22. The fourth-order valence-electron chi connectivity index (χ4n) is 1.49. The average molecular weight is 192 g/mol. The average Bonchev–Trinajstić information content (AvgIpc) is 1.88. The maximum atomic E-state index is 2.41. The molecule has 0 aromatic rings. The third-order valence-electron chi connectivity index (χ3n) is 1.84. The molecule has 0 aliphatic rings. The van der Waals surface area contributed by atoms with E-state index in [1.807, 2.05) is 23.5 Å². The highest BCUT2D eigenvalue weighted by molar-refractivity contribution is 7.99. The van der Waals surface area contributed by atoms with Gasteiger partial charge < -0.3 is 0 Å². The molecule has 11 heavy (non-hydrogen) atoms. The highest BCUT2D eigenvalue weighted by atomic mass is 32.2. The molecule has 0 rings (SSSR count). The van der Waals surface area contributed by atoms with Crippen molar-refractivity contribution < 1.29 is 0 Å². The molecule has 0 radical (unpaired) electrons. The van der Waals surface area contributed by atoms with Crippen LogP contribution in [0.15, 0.2) is 0 Å². The molecule has 0 aliphatic carbocycles. The molecule has 0 N–H and O–H groups in total. The molecule has 0 unspecified atom stereocenters. The summed E-state index contributed by atoms with van der Waals surface area (Å²) in [4.78, 5) is 0. The summed E-state index contributed by atoms with van der Waals surface area (Å²) in [6.07, 6.45) is 7.09. The smallest absolute Gasteiger partial charge is 0.000833 e. The Morgan fingerprint density at radius 1 is 1.09 bits per heavy atom. The summed E-state index contributed by atoms with van der Waals surface area (Å²) in [6, 6.07) is 0. The van der Waals surface area contributed by atoms with Gasteiger partial charge in [-0.1, -0.05) is 20.3 Å². The minimum absolute atomic E-state index is 0.577. The van der Waals surface area contributed by atoms with Crippen molar-refractivity contribution in [2.24, 2.45) is 5.41 Å². The third kappa shape index (κ3) is 5.02.